The van der Waals surface area contributed by atoms with Crippen LogP contribution in [0.5, 0.6) is 0 Å². The summed E-state index contributed by atoms with van der Waals surface area (Å²) in [6, 6.07) is 1.59. The summed E-state index contributed by atoms with van der Waals surface area (Å²) in [7, 11) is 0. The first-order chi connectivity index (χ1) is 17.3. The number of anilines is 2. The van der Waals surface area contributed by atoms with Crippen molar-refractivity contribution in [1.29, 1.82) is 0 Å². The van der Waals surface area contributed by atoms with Gasteiger partial charge in [0.1, 0.15) is 17.7 Å². The highest BCUT2D eigenvalue weighted by molar-refractivity contribution is 5.89. The molecule has 36 heavy (non-hydrogen) atoms. The lowest BCUT2D eigenvalue weighted by molar-refractivity contribution is 0.0406. The zero-order valence-corrected chi connectivity index (χ0v) is 21.1. The van der Waals surface area contributed by atoms with Gasteiger partial charge in [-0.05, 0) is 69.6 Å². The van der Waals surface area contributed by atoms with E-state index in [1.165, 1.54) is 6.07 Å². The van der Waals surface area contributed by atoms with Crippen LogP contribution in [0.1, 0.15) is 69.4 Å². The number of piperidine rings is 1. The normalized spacial score (nSPS) is 18.8. The number of rotatable bonds is 6. The van der Waals surface area contributed by atoms with Gasteiger partial charge in [-0.2, -0.15) is 0 Å². The van der Waals surface area contributed by atoms with Crippen LogP contribution in [0.3, 0.4) is 0 Å². The maximum absolute atomic E-state index is 14.8. The van der Waals surface area contributed by atoms with Gasteiger partial charge in [0, 0.05) is 50.4 Å². The number of aryl methyl sites for hydroxylation is 1. The van der Waals surface area contributed by atoms with E-state index >= 15 is 0 Å². The number of halogens is 2. The average molecular weight is 501 g/mol. The summed E-state index contributed by atoms with van der Waals surface area (Å²) < 4.78 is 29.4. The Bertz CT molecular complexity index is 1070. The molecule has 1 saturated heterocycles. The fourth-order valence-electron chi connectivity index (χ4n) is 4.60. The van der Waals surface area contributed by atoms with Crippen LogP contribution < -0.4 is 15.5 Å². The number of urea groups is 1. The quantitative estimate of drug-likeness (QED) is 0.526. The van der Waals surface area contributed by atoms with Gasteiger partial charge in [0.05, 0.1) is 11.4 Å². The van der Waals surface area contributed by atoms with Crippen molar-refractivity contribution in [2.45, 2.75) is 77.4 Å². The highest BCUT2D eigenvalue weighted by Gasteiger charge is 2.26. The van der Waals surface area contributed by atoms with Gasteiger partial charge in [-0.25, -0.2) is 23.5 Å². The van der Waals surface area contributed by atoms with Gasteiger partial charge >= 0.3 is 6.03 Å². The van der Waals surface area contributed by atoms with Crippen molar-refractivity contribution >= 4 is 23.4 Å². The SMILES string of the molecule is Cc1cnc(N2CCC(ON=C3CCC(c4cc(F)c(NC(=O)NC(C)C)cc4F)CC3)CC2)nc1. The van der Waals surface area contributed by atoms with Crippen LogP contribution in [-0.4, -0.2) is 46.9 Å². The van der Waals surface area contributed by atoms with Crippen LogP contribution in [0.4, 0.5) is 25.2 Å². The molecule has 0 spiro atoms. The van der Waals surface area contributed by atoms with Gasteiger partial charge in [-0.15, -0.1) is 0 Å². The molecule has 2 aromatic rings. The van der Waals surface area contributed by atoms with Crippen LogP contribution in [0.15, 0.2) is 29.7 Å². The Kier molecular flexibility index (Phi) is 8.32. The summed E-state index contributed by atoms with van der Waals surface area (Å²) in [5, 5.41) is 9.37. The van der Waals surface area contributed by atoms with Gasteiger partial charge in [-0.3, -0.25) is 0 Å². The first-order valence-corrected chi connectivity index (χ1v) is 12.6. The predicted molar refractivity (Wildman–Crippen MR) is 135 cm³/mol. The molecule has 1 saturated carbocycles. The molecule has 4 rings (SSSR count). The Hall–Kier alpha value is -3.30. The summed E-state index contributed by atoms with van der Waals surface area (Å²) in [5.41, 5.74) is 2.17. The minimum Gasteiger partial charge on any atom is -0.392 e. The third-order valence-corrected chi connectivity index (χ3v) is 6.58. The topological polar surface area (TPSA) is 91.7 Å². The van der Waals surface area contributed by atoms with E-state index in [4.69, 9.17) is 4.84 Å². The smallest absolute Gasteiger partial charge is 0.319 e. The molecular weight excluding hydrogens is 466 g/mol. The Morgan fingerprint density at radius 2 is 1.75 bits per heavy atom. The van der Waals surface area contributed by atoms with Gasteiger partial charge in [0.2, 0.25) is 5.95 Å². The second kappa shape index (κ2) is 11.6. The first kappa shape index (κ1) is 25.8. The Morgan fingerprint density at radius 3 is 2.39 bits per heavy atom. The van der Waals surface area contributed by atoms with Crippen molar-refractivity contribution in [3.63, 3.8) is 0 Å². The second-order valence-corrected chi connectivity index (χ2v) is 9.89. The predicted octanol–water partition coefficient (Wildman–Crippen LogP) is 5.29. The molecule has 0 atom stereocenters. The lowest BCUT2D eigenvalue weighted by Crippen LogP contribution is -2.37. The molecule has 194 valence electrons. The number of nitrogens with zero attached hydrogens (tertiary/aromatic N) is 4. The van der Waals surface area contributed by atoms with Crippen LogP contribution in [-0.2, 0) is 4.84 Å². The summed E-state index contributed by atoms with van der Waals surface area (Å²) in [5.74, 6) is -0.512. The van der Waals surface area contributed by atoms with Crippen LogP contribution >= 0.6 is 0 Å². The number of aromatic nitrogens is 2. The number of hydrogen-bond donors (Lipinski definition) is 2. The van der Waals surface area contributed by atoms with Gasteiger partial charge in [0.25, 0.3) is 0 Å². The van der Waals surface area contributed by atoms with Crippen molar-refractivity contribution < 1.29 is 18.4 Å². The van der Waals surface area contributed by atoms with Crippen LogP contribution in [0.2, 0.25) is 0 Å². The molecule has 2 amide bonds. The Morgan fingerprint density at radius 1 is 1.08 bits per heavy atom. The maximum atomic E-state index is 14.8. The number of nitrogens with one attached hydrogen (secondary N) is 2. The van der Waals surface area contributed by atoms with Crippen LogP contribution in [0, 0.1) is 18.6 Å². The van der Waals surface area contributed by atoms with E-state index in [9.17, 15) is 13.6 Å². The number of carbonyl (C=O) groups is 1. The lowest BCUT2D eigenvalue weighted by Gasteiger charge is -2.31. The molecule has 1 aliphatic carbocycles. The first-order valence-electron chi connectivity index (χ1n) is 12.6. The van der Waals surface area contributed by atoms with E-state index in [1.54, 1.807) is 13.8 Å². The van der Waals surface area contributed by atoms with Crippen molar-refractivity contribution in [1.82, 2.24) is 15.3 Å². The molecule has 2 aliphatic rings. The average Bonchev–Trinajstić information content (AvgIpc) is 2.85. The van der Waals surface area contributed by atoms with Gasteiger partial charge in [0.15, 0.2) is 0 Å². The Labute approximate surface area is 210 Å². The molecule has 2 heterocycles. The zero-order valence-electron chi connectivity index (χ0n) is 21.1. The minimum atomic E-state index is -0.643. The van der Waals surface area contributed by atoms with E-state index in [-0.39, 0.29) is 23.8 Å². The summed E-state index contributed by atoms with van der Waals surface area (Å²) >= 11 is 0. The molecule has 0 unspecified atom stereocenters. The van der Waals surface area contributed by atoms with E-state index in [2.05, 4.69) is 30.7 Å². The van der Waals surface area contributed by atoms with Gasteiger partial charge in [-0.1, -0.05) is 5.16 Å². The highest BCUT2D eigenvalue weighted by Crippen LogP contribution is 2.35. The molecule has 2 fully saturated rings. The largest absolute Gasteiger partial charge is 0.392 e. The maximum Gasteiger partial charge on any atom is 0.319 e. The van der Waals surface area contributed by atoms with E-state index in [1.807, 2.05) is 19.3 Å². The number of carbonyl (C=O) groups excluding carboxylic acids is 1. The fourth-order valence-corrected chi connectivity index (χ4v) is 4.60. The van der Waals surface area contributed by atoms with Crippen molar-refractivity contribution in [2.24, 2.45) is 5.16 Å². The molecule has 2 N–H and O–H groups in total. The van der Waals surface area contributed by atoms with Gasteiger partial charge < -0.3 is 20.4 Å². The summed E-state index contributed by atoms with van der Waals surface area (Å²) in [4.78, 5) is 28.6. The van der Waals surface area contributed by atoms with Crippen molar-refractivity contribution in [3.05, 3.63) is 47.3 Å². The standard InChI is InChI=1S/C26H34F2N6O2/c1-16(2)31-26(35)32-24-13-22(27)21(12-23(24)28)18-4-6-19(7-5-18)33-36-20-8-10-34(11-9-20)25-29-14-17(3)15-30-25/h12-16,18,20H,4-11H2,1-3H3,(H2,31,32,35). The molecule has 0 bridgehead atoms. The fraction of sp³-hybridized carbons (Fsp3) is 0.538. The molecule has 1 aromatic heterocycles. The zero-order chi connectivity index (χ0) is 25.7. The number of hydrogen-bond acceptors (Lipinski definition) is 6. The third kappa shape index (κ3) is 6.67. The monoisotopic (exact) mass is 500 g/mol. The molecule has 10 heteroatoms. The Balaban J connectivity index is 1.26. The van der Waals surface area contributed by atoms with E-state index in [0.29, 0.717) is 31.2 Å². The number of amides is 2. The van der Waals surface area contributed by atoms with E-state index < -0.39 is 17.7 Å². The molecule has 1 aliphatic heterocycles. The van der Waals surface area contributed by atoms with Crippen molar-refractivity contribution in [2.75, 3.05) is 23.3 Å². The second-order valence-electron chi connectivity index (χ2n) is 9.89. The molecule has 8 nitrogen and oxygen atoms in total. The molecular formula is C26H34F2N6O2. The van der Waals surface area contributed by atoms with Crippen LogP contribution in [0.25, 0.3) is 0 Å². The van der Waals surface area contributed by atoms with E-state index in [0.717, 1.165) is 49.2 Å². The summed E-state index contributed by atoms with van der Waals surface area (Å²) in [6.45, 7) is 7.17. The highest BCUT2D eigenvalue weighted by atomic mass is 19.1. The molecule has 0 radical (unpaired) electrons. The third-order valence-electron chi connectivity index (χ3n) is 6.58. The minimum absolute atomic E-state index is 0.0522. The summed E-state index contributed by atoms with van der Waals surface area (Å²) in [6.07, 6.45) is 8.09. The number of oxime groups is 1. The lowest BCUT2D eigenvalue weighted by atomic mass is 9.83. The van der Waals surface area contributed by atoms with Crippen molar-refractivity contribution in [3.8, 4) is 0 Å². The molecule has 1 aromatic carbocycles. The number of benzene rings is 1.